The van der Waals surface area contributed by atoms with Crippen molar-refractivity contribution in [3.63, 3.8) is 0 Å². The van der Waals surface area contributed by atoms with Gasteiger partial charge in [0.05, 0.1) is 36.0 Å². The van der Waals surface area contributed by atoms with Crippen LogP contribution >= 0.6 is 15.2 Å². The third kappa shape index (κ3) is 11.6. The van der Waals surface area contributed by atoms with Gasteiger partial charge in [-0.3, -0.25) is 4.57 Å². The minimum Gasteiger partial charge on any atom is -0.777 e. The normalized spacial score (nSPS) is 15.0. The fraction of sp³-hybridized carbons (Fsp3) is 0.167. The summed E-state index contributed by atoms with van der Waals surface area (Å²) in [7, 11) is -8.73. The maximum Gasteiger partial charge on any atom is 1.00 e. The van der Waals surface area contributed by atoms with Crippen LogP contribution in [0.1, 0.15) is 36.5 Å². The Morgan fingerprint density at radius 3 is 1.31 bits per heavy atom. The summed E-state index contributed by atoms with van der Waals surface area (Å²) in [6.45, 7) is 3.19. The van der Waals surface area contributed by atoms with Crippen LogP contribution in [0.2, 0.25) is 0 Å². The van der Waals surface area contributed by atoms with Gasteiger partial charge in [-0.2, -0.15) is 20.5 Å². The van der Waals surface area contributed by atoms with Crippen LogP contribution < -0.4 is 45.1 Å². The number of hydrogen-bond donors (Lipinski definition) is 3. The van der Waals surface area contributed by atoms with Crippen molar-refractivity contribution in [2.45, 2.75) is 25.4 Å². The molecule has 0 amide bonds. The molecule has 51 heavy (non-hydrogen) atoms. The summed E-state index contributed by atoms with van der Waals surface area (Å²) in [4.78, 5) is 24.2. The minimum absolute atomic E-state index is 0. The Balaban J connectivity index is 0.00000583. The zero-order valence-corrected chi connectivity index (χ0v) is 32.2. The van der Waals surface area contributed by atoms with Crippen LogP contribution in [0.25, 0.3) is 0 Å². The standard InChI is InChI=1S/C36H38N6O6P2.Na/c1-3-47-49(43,44)35(37-29-19-23-33(24-20-29)41-39-31-11-7-5-8-12-31)27-15-17-28(18-16-27)36(50(45,46)48-4-2)38-30-21-25-34(26-22-30)42-40-32-13-9-6-10-14-32;/h5-26,35-38H,3-4H2,1-2H3,(H,43,44)(H,45,46);/q;+1/p-1. The summed E-state index contributed by atoms with van der Waals surface area (Å²) in [5.41, 5.74) is 4.42. The Kier molecular flexibility index (Phi) is 15.0. The van der Waals surface area contributed by atoms with E-state index in [0.29, 0.717) is 45.3 Å². The number of rotatable bonds is 16. The number of nitrogens with zero attached hydrogens (tertiary/aromatic N) is 4. The van der Waals surface area contributed by atoms with Gasteiger partial charge in [0.1, 0.15) is 5.78 Å². The molecule has 0 aromatic heterocycles. The van der Waals surface area contributed by atoms with Crippen molar-refractivity contribution in [2.24, 2.45) is 20.5 Å². The molecule has 0 radical (unpaired) electrons. The van der Waals surface area contributed by atoms with Gasteiger partial charge in [-0.15, -0.1) is 0 Å². The SMILES string of the molecule is CCOP(=O)([O-])C(Nc1ccc(N=Nc2ccccc2)cc1)c1ccc(C(Nc2ccc(N=Nc3ccccc3)cc2)P(=O)(O)OCC)cc1.[Na+]. The molecule has 5 aromatic carbocycles. The van der Waals surface area contributed by atoms with Gasteiger partial charge >= 0.3 is 37.2 Å². The van der Waals surface area contributed by atoms with E-state index in [4.69, 9.17) is 9.05 Å². The van der Waals surface area contributed by atoms with Crippen molar-refractivity contribution in [2.75, 3.05) is 23.8 Å². The van der Waals surface area contributed by atoms with Crippen molar-refractivity contribution in [1.82, 2.24) is 0 Å². The molecule has 0 spiro atoms. The van der Waals surface area contributed by atoms with Crippen LogP contribution in [0, 0.1) is 0 Å². The Bertz CT molecular complexity index is 1830. The summed E-state index contributed by atoms with van der Waals surface area (Å²) >= 11 is 0. The van der Waals surface area contributed by atoms with Crippen LogP contribution in [-0.2, 0) is 18.2 Å². The van der Waals surface area contributed by atoms with Gasteiger partial charge in [-0.25, -0.2) is 0 Å². The van der Waals surface area contributed by atoms with Crippen LogP contribution in [0.5, 0.6) is 0 Å². The largest absolute Gasteiger partial charge is 1.00 e. The molecule has 258 valence electrons. The van der Waals surface area contributed by atoms with Gasteiger partial charge in [-0.05, 0) is 97.8 Å². The maximum atomic E-state index is 13.4. The van der Waals surface area contributed by atoms with Gasteiger partial charge in [0, 0.05) is 11.4 Å². The van der Waals surface area contributed by atoms with E-state index in [1.807, 2.05) is 60.7 Å². The summed E-state index contributed by atoms with van der Waals surface area (Å²) < 4.78 is 37.2. The molecule has 4 unspecified atom stereocenters. The van der Waals surface area contributed by atoms with Crippen LogP contribution in [0.3, 0.4) is 0 Å². The summed E-state index contributed by atoms with van der Waals surface area (Å²) in [5, 5.41) is 23.1. The molecule has 0 fully saturated rings. The predicted octanol–water partition coefficient (Wildman–Crippen LogP) is 7.55. The number of azo groups is 2. The van der Waals surface area contributed by atoms with Gasteiger partial charge in [0.2, 0.25) is 0 Å². The van der Waals surface area contributed by atoms with Crippen molar-refractivity contribution >= 4 is 49.3 Å². The first-order chi connectivity index (χ1) is 24.2. The van der Waals surface area contributed by atoms with Crippen LogP contribution in [0.4, 0.5) is 34.1 Å². The molecule has 0 aliphatic heterocycles. The van der Waals surface area contributed by atoms with Crippen molar-refractivity contribution < 1.29 is 57.5 Å². The Morgan fingerprint density at radius 1 is 0.569 bits per heavy atom. The van der Waals surface area contributed by atoms with Gasteiger partial charge in [-0.1, -0.05) is 60.7 Å². The number of nitrogens with one attached hydrogen (secondary N) is 2. The van der Waals surface area contributed by atoms with E-state index in [0.717, 1.165) is 0 Å². The molecule has 5 rings (SSSR count). The summed E-state index contributed by atoms with van der Waals surface area (Å²) in [6, 6.07) is 38.7. The molecule has 0 heterocycles. The topological polar surface area (TPSA) is 169 Å². The van der Waals surface area contributed by atoms with Gasteiger partial charge in [0.25, 0.3) is 0 Å². The molecule has 12 nitrogen and oxygen atoms in total. The van der Waals surface area contributed by atoms with E-state index in [-0.39, 0.29) is 42.8 Å². The van der Waals surface area contributed by atoms with E-state index in [2.05, 4.69) is 31.1 Å². The molecule has 4 atom stereocenters. The molecule has 0 saturated carbocycles. The van der Waals surface area contributed by atoms with Crippen molar-refractivity contribution in [3.05, 3.63) is 145 Å². The Labute approximate surface area is 319 Å². The predicted molar refractivity (Wildman–Crippen MR) is 194 cm³/mol. The fourth-order valence-electron chi connectivity index (χ4n) is 4.86. The average Bonchev–Trinajstić information content (AvgIpc) is 3.13. The quantitative estimate of drug-likeness (QED) is 0.0530. The summed E-state index contributed by atoms with van der Waals surface area (Å²) in [6.07, 6.45) is 0. The smallest absolute Gasteiger partial charge is 0.777 e. The second-order valence-electron chi connectivity index (χ2n) is 10.9. The molecule has 5 aromatic rings. The molecule has 0 saturated heterocycles. The molecular weight excluding hydrogens is 697 g/mol. The van der Waals surface area contributed by atoms with E-state index in [9.17, 15) is 18.9 Å². The van der Waals surface area contributed by atoms with Crippen LogP contribution in [0.15, 0.2) is 154 Å². The molecular formula is C36H37N6NaO6P2. The van der Waals surface area contributed by atoms with Crippen molar-refractivity contribution in [1.29, 1.82) is 0 Å². The number of hydrogen-bond acceptors (Lipinski definition) is 11. The third-order valence-corrected chi connectivity index (χ3v) is 10.6. The minimum atomic E-state index is -4.49. The zero-order valence-electron chi connectivity index (χ0n) is 28.4. The second-order valence-corrected chi connectivity index (χ2v) is 14.6. The van der Waals surface area contributed by atoms with Gasteiger partial charge < -0.3 is 34.0 Å². The first-order valence-corrected chi connectivity index (χ1v) is 19.1. The Morgan fingerprint density at radius 2 is 0.922 bits per heavy atom. The molecule has 0 bridgehead atoms. The van der Waals surface area contributed by atoms with E-state index >= 15 is 0 Å². The fourth-order valence-corrected chi connectivity index (χ4v) is 7.59. The number of anilines is 2. The molecule has 0 aliphatic carbocycles. The Hall–Kier alpha value is -3.80. The third-order valence-electron chi connectivity index (χ3n) is 7.25. The zero-order chi connectivity index (χ0) is 35.4. The first-order valence-electron chi connectivity index (χ1n) is 15.9. The summed E-state index contributed by atoms with van der Waals surface area (Å²) in [5.74, 6) is -2.42. The van der Waals surface area contributed by atoms with Crippen molar-refractivity contribution in [3.8, 4) is 0 Å². The molecule has 15 heteroatoms. The molecule has 0 aliphatic rings. The van der Waals surface area contributed by atoms with Gasteiger partial charge in [0.15, 0.2) is 13.4 Å². The van der Waals surface area contributed by atoms with E-state index in [1.54, 1.807) is 86.6 Å². The van der Waals surface area contributed by atoms with E-state index < -0.39 is 26.8 Å². The monoisotopic (exact) mass is 734 g/mol. The number of benzene rings is 5. The second kappa shape index (κ2) is 19.2. The average molecular weight is 735 g/mol. The first kappa shape index (κ1) is 40.0. The maximum absolute atomic E-state index is 13.4. The molecule has 3 N–H and O–H groups in total. The van der Waals surface area contributed by atoms with E-state index in [1.165, 1.54) is 0 Å². The van der Waals surface area contributed by atoms with Crippen LogP contribution in [-0.4, -0.2) is 18.1 Å².